The number of fused-ring (bicyclic) bond motifs is 1. The SMILES string of the molecule is CCCCCCCN1C(=O)/C(=C\c2c(N3CCN(c4ccccc4F)CC3)nc3c(C)cccn3c2=O)SC1=S. The van der Waals surface area contributed by atoms with Gasteiger partial charge >= 0.3 is 0 Å². The lowest BCUT2D eigenvalue weighted by atomic mass is 10.1. The number of nitrogens with zero attached hydrogens (tertiary/aromatic N) is 5. The molecule has 2 fully saturated rings. The Balaban J connectivity index is 1.45. The Morgan fingerprint density at radius 3 is 2.48 bits per heavy atom. The fourth-order valence-electron chi connectivity index (χ4n) is 5.23. The molecule has 1 aromatic carbocycles. The van der Waals surface area contributed by atoms with Crippen LogP contribution in [0.25, 0.3) is 11.7 Å². The molecule has 2 aliphatic heterocycles. The van der Waals surface area contributed by atoms with E-state index in [0.29, 0.717) is 64.7 Å². The zero-order valence-corrected chi connectivity index (χ0v) is 24.6. The van der Waals surface area contributed by atoms with Gasteiger partial charge in [0, 0.05) is 38.9 Å². The topological polar surface area (TPSA) is 61.2 Å². The highest BCUT2D eigenvalue weighted by atomic mass is 32.2. The van der Waals surface area contributed by atoms with Crippen molar-refractivity contribution >= 4 is 57.4 Å². The maximum absolute atomic E-state index is 14.4. The molecule has 40 heavy (non-hydrogen) atoms. The predicted molar refractivity (Wildman–Crippen MR) is 166 cm³/mol. The normalized spacial score (nSPS) is 17.1. The summed E-state index contributed by atoms with van der Waals surface area (Å²) >= 11 is 6.79. The number of benzene rings is 1. The van der Waals surface area contributed by atoms with Crippen molar-refractivity contribution in [3.8, 4) is 0 Å². The Kier molecular flexibility index (Phi) is 8.85. The fourth-order valence-corrected chi connectivity index (χ4v) is 6.52. The van der Waals surface area contributed by atoms with Crippen molar-refractivity contribution in [2.75, 3.05) is 42.5 Å². The molecule has 0 atom stereocenters. The third-order valence-corrected chi connectivity index (χ3v) is 8.85. The Morgan fingerprint density at radius 1 is 1.00 bits per heavy atom. The first-order valence-corrected chi connectivity index (χ1v) is 15.1. The minimum Gasteiger partial charge on any atom is -0.366 e. The molecule has 2 aromatic heterocycles. The van der Waals surface area contributed by atoms with Crippen LogP contribution in [-0.4, -0.2) is 57.2 Å². The molecule has 2 aliphatic rings. The second-order valence-corrected chi connectivity index (χ2v) is 11.9. The molecule has 210 valence electrons. The molecule has 4 heterocycles. The standard InChI is InChI=1S/C30H34FN5O2S2/c1-3-4-5-6-9-14-36-29(38)25(40-30(36)39)20-22-27(32-26-21(2)11-10-15-35(26)28(22)37)34-18-16-33(17-19-34)24-13-8-7-12-23(24)31/h7-8,10-13,15,20H,3-6,9,14,16-19H2,1-2H3/b25-20+. The molecular formula is C30H34FN5O2S2. The summed E-state index contributed by atoms with van der Waals surface area (Å²) in [5, 5.41) is 0. The minimum absolute atomic E-state index is 0.158. The third kappa shape index (κ3) is 5.78. The fraction of sp³-hybridized carbons (Fsp3) is 0.400. The first-order valence-electron chi connectivity index (χ1n) is 13.9. The van der Waals surface area contributed by atoms with Gasteiger partial charge in [-0.3, -0.25) is 18.9 Å². The number of halogens is 1. The van der Waals surface area contributed by atoms with Crippen LogP contribution in [0.5, 0.6) is 0 Å². The van der Waals surface area contributed by atoms with Gasteiger partial charge in [-0.2, -0.15) is 0 Å². The highest BCUT2D eigenvalue weighted by molar-refractivity contribution is 8.26. The molecule has 1 amide bonds. The van der Waals surface area contributed by atoms with Crippen LogP contribution in [0.2, 0.25) is 0 Å². The van der Waals surface area contributed by atoms with Gasteiger partial charge in [0.2, 0.25) is 0 Å². The first-order chi connectivity index (χ1) is 19.4. The number of hydrogen-bond acceptors (Lipinski definition) is 7. The van der Waals surface area contributed by atoms with E-state index in [4.69, 9.17) is 17.2 Å². The van der Waals surface area contributed by atoms with Gasteiger partial charge in [-0.1, -0.05) is 74.8 Å². The van der Waals surface area contributed by atoms with E-state index in [9.17, 15) is 14.0 Å². The van der Waals surface area contributed by atoms with E-state index in [1.807, 2.05) is 30.0 Å². The lowest BCUT2D eigenvalue weighted by molar-refractivity contribution is -0.122. The summed E-state index contributed by atoms with van der Waals surface area (Å²) in [7, 11) is 0. The van der Waals surface area contributed by atoms with Crippen molar-refractivity contribution in [1.29, 1.82) is 0 Å². The quantitative estimate of drug-likeness (QED) is 0.185. The predicted octanol–water partition coefficient (Wildman–Crippen LogP) is 5.64. The third-order valence-electron chi connectivity index (χ3n) is 7.47. The van der Waals surface area contributed by atoms with Gasteiger partial charge in [0.05, 0.1) is 16.2 Å². The highest BCUT2D eigenvalue weighted by Crippen LogP contribution is 2.34. The summed E-state index contributed by atoms with van der Waals surface area (Å²) in [6, 6.07) is 10.5. The number of aryl methyl sites for hydroxylation is 1. The molecule has 0 unspecified atom stereocenters. The maximum Gasteiger partial charge on any atom is 0.267 e. The van der Waals surface area contributed by atoms with E-state index in [1.54, 1.807) is 29.3 Å². The molecule has 0 radical (unpaired) electrons. The Labute approximate surface area is 243 Å². The average Bonchev–Trinajstić information content (AvgIpc) is 3.22. The number of carbonyl (C=O) groups is 1. The van der Waals surface area contributed by atoms with E-state index >= 15 is 0 Å². The van der Waals surface area contributed by atoms with Crippen LogP contribution < -0.4 is 15.4 Å². The van der Waals surface area contributed by atoms with E-state index in [0.717, 1.165) is 24.8 Å². The number of amides is 1. The molecule has 0 bridgehead atoms. The van der Waals surface area contributed by atoms with Gasteiger partial charge in [-0.25, -0.2) is 9.37 Å². The summed E-state index contributed by atoms with van der Waals surface area (Å²) in [5.74, 6) is 0.133. The maximum atomic E-state index is 14.4. The number of hydrogen-bond donors (Lipinski definition) is 0. The molecule has 0 aliphatic carbocycles. The number of piperazine rings is 1. The molecule has 0 N–H and O–H groups in total. The minimum atomic E-state index is -0.248. The number of carbonyl (C=O) groups excluding carboxylic acids is 1. The Hall–Kier alpha value is -3.24. The second kappa shape index (κ2) is 12.5. The molecule has 10 heteroatoms. The number of anilines is 2. The number of rotatable bonds is 9. The van der Waals surface area contributed by atoms with Crippen LogP contribution in [0, 0.1) is 12.7 Å². The van der Waals surface area contributed by atoms with Crippen molar-refractivity contribution in [2.24, 2.45) is 0 Å². The van der Waals surface area contributed by atoms with Gasteiger partial charge in [-0.05, 0) is 43.2 Å². The summed E-state index contributed by atoms with van der Waals surface area (Å²) in [5.41, 5.74) is 2.17. The first kappa shape index (κ1) is 28.3. The van der Waals surface area contributed by atoms with Gasteiger partial charge in [0.1, 0.15) is 21.6 Å². The number of para-hydroxylation sites is 1. The number of unbranched alkanes of at least 4 members (excludes halogenated alkanes) is 4. The van der Waals surface area contributed by atoms with Crippen LogP contribution in [0.1, 0.15) is 50.2 Å². The summed E-state index contributed by atoms with van der Waals surface area (Å²) in [4.78, 5) is 38.3. The van der Waals surface area contributed by atoms with Crippen molar-refractivity contribution in [2.45, 2.75) is 46.0 Å². The molecule has 5 rings (SSSR count). The number of thiocarbonyl (C=S) groups is 1. The molecule has 7 nitrogen and oxygen atoms in total. The second-order valence-electron chi connectivity index (χ2n) is 10.2. The van der Waals surface area contributed by atoms with Gasteiger partial charge in [0.25, 0.3) is 11.5 Å². The summed E-state index contributed by atoms with van der Waals surface area (Å²) in [6.45, 7) is 6.96. The van der Waals surface area contributed by atoms with Crippen molar-refractivity contribution in [3.05, 3.63) is 74.8 Å². The van der Waals surface area contributed by atoms with Gasteiger partial charge in [-0.15, -0.1) is 0 Å². The van der Waals surface area contributed by atoms with Crippen LogP contribution in [0.15, 0.2) is 52.3 Å². The summed E-state index contributed by atoms with van der Waals surface area (Å²) < 4.78 is 16.5. The number of pyridine rings is 1. The Bertz CT molecular complexity index is 1510. The zero-order chi connectivity index (χ0) is 28.2. The average molecular weight is 580 g/mol. The lowest BCUT2D eigenvalue weighted by Crippen LogP contribution is -2.47. The zero-order valence-electron chi connectivity index (χ0n) is 22.9. The van der Waals surface area contributed by atoms with Crippen LogP contribution in [-0.2, 0) is 4.79 Å². The summed E-state index contributed by atoms with van der Waals surface area (Å²) in [6.07, 6.45) is 8.83. The van der Waals surface area contributed by atoms with E-state index in [1.165, 1.54) is 35.1 Å². The molecule has 3 aromatic rings. The van der Waals surface area contributed by atoms with Gasteiger partial charge in [0.15, 0.2) is 0 Å². The van der Waals surface area contributed by atoms with Crippen LogP contribution in [0.3, 0.4) is 0 Å². The van der Waals surface area contributed by atoms with Crippen molar-refractivity contribution in [1.82, 2.24) is 14.3 Å². The van der Waals surface area contributed by atoms with Gasteiger partial charge < -0.3 is 9.80 Å². The van der Waals surface area contributed by atoms with Crippen LogP contribution >= 0.6 is 24.0 Å². The van der Waals surface area contributed by atoms with E-state index in [2.05, 4.69) is 11.8 Å². The molecule has 0 spiro atoms. The number of aromatic nitrogens is 2. The van der Waals surface area contributed by atoms with Crippen molar-refractivity contribution in [3.63, 3.8) is 0 Å². The van der Waals surface area contributed by atoms with E-state index in [-0.39, 0.29) is 17.3 Å². The monoisotopic (exact) mass is 579 g/mol. The number of thioether (sulfide) groups is 1. The largest absolute Gasteiger partial charge is 0.366 e. The molecule has 2 saturated heterocycles. The highest BCUT2D eigenvalue weighted by Gasteiger charge is 2.33. The molecule has 0 saturated carbocycles. The van der Waals surface area contributed by atoms with Crippen LogP contribution in [0.4, 0.5) is 15.9 Å². The van der Waals surface area contributed by atoms with Crippen molar-refractivity contribution < 1.29 is 9.18 Å². The smallest absolute Gasteiger partial charge is 0.267 e. The lowest BCUT2D eigenvalue weighted by Gasteiger charge is -2.37. The molecular weight excluding hydrogens is 545 g/mol. The Morgan fingerprint density at radius 2 is 1.73 bits per heavy atom. The van der Waals surface area contributed by atoms with E-state index < -0.39 is 0 Å².